The number of nitrogens with zero attached hydrogens (tertiary/aromatic N) is 1. The lowest BCUT2D eigenvalue weighted by Crippen LogP contribution is -2.27. The summed E-state index contributed by atoms with van der Waals surface area (Å²) in [4.78, 5) is 23.9. The molecular weight excluding hydrogens is 336 g/mol. The number of hydrogen-bond donors (Lipinski definition) is 2. The molecule has 0 aliphatic heterocycles. The third-order valence-corrected chi connectivity index (χ3v) is 3.74. The van der Waals surface area contributed by atoms with Gasteiger partial charge in [0.15, 0.2) is 5.58 Å². The van der Waals surface area contributed by atoms with E-state index in [0.29, 0.717) is 22.5 Å². The van der Waals surface area contributed by atoms with Gasteiger partial charge in [-0.3, -0.25) is 9.88 Å². The molecule has 7 heteroatoms. The highest BCUT2D eigenvalue weighted by atomic mass is 16.6. The predicted octanol–water partition coefficient (Wildman–Crippen LogP) is 4.58. The van der Waals surface area contributed by atoms with Crippen molar-refractivity contribution in [2.24, 2.45) is 0 Å². The highest BCUT2D eigenvalue weighted by molar-refractivity contribution is 5.96. The van der Waals surface area contributed by atoms with Gasteiger partial charge >= 0.3 is 12.1 Å². The van der Waals surface area contributed by atoms with Gasteiger partial charge in [-0.1, -0.05) is 12.1 Å². The van der Waals surface area contributed by atoms with E-state index in [1.807, 2.05) is 13.0 Å². The van der Waals surface area contributed by atoms with Crippen LogP contribution in [-0.4, -0.2) is 27.3 Å². The number of amides is 1. The Morgan fingerprint density at radius 2 is 1.96 bits per heavy atom. The highest BCUT2D eigenvalue weighted by Gasteiger charge is 2.23. The maximum absolute atomic E-state index is 12.2. The van der Waals surface area contributed by atoms with E-state index < -0.39 is 17.7 Å². The van der Waals surface area contributed by atoms with Gasteiger partial charge in [-0.05, 0) is 39.3 Å². The summed E-state index contributed by atoms with van der Waals surface area (Å²) in [5, 5.41) is 12.3. The average Bonchev–Trinajstić information content (AvgIpc) is 3.06. The summed E-state index contributed by atoms with van der Waals surface area (Å²) in [6.07, 6.45) is 0.878. The number of benzene rings is 1. The molecule has 2 heterocycles. The fraction of sp³-hybridized carbons (Fsp3) is 0.263. The van der Waals surface area contributed by atoms with Gasteiger partial charge in [-0.25, -0.2) is 9.59 Å². The molecule has 0 saturated carbocycles. The number of carboxylic acids is 1. The molecule has 0 atom stereocenters. The number of aromatic carboxylic acids is 1. The lowest BCUT2D eigenvalue weighted by Gasteiger charge is -2.21. The molecule has 0 fully saturated rings. The number of carbonyl (C=O) groups excluding carboxylic acids is 1. The summed E-state index contributed by atoms with van der Waals surface area (Å²) in [6, 6.07) is 8.46. The van der Waals surface area contributed by atoms with Crippen LogP contribution in [0.4, 0.5) is 10.5 Å². The molecule has 0 spiro atoms. The number of anilines is 1. The van der Waals surface area contributed by atoms with Crippen molar-refractivity contribution in [2.45, 2.75) is 33.3 Å². The zero-order valence-corrected chi connectivity index (χ0v) is 15.0. The quantitative estimate of drug-likeness (QED) is 0.716. The van der Waals surface area contributed by atoms with E-state index in [1.165, 1.54) is 12.3 Å². The molecule has 1 amide bonds. The Kier molecular flexibility index (Phi) is 4.23. The highest BCUT2D eigenvalue weighted by Crippen LogP contribution is 2.32. The van der Waals surface area contributed by atoms with Crippen LogP contribution in [-0.2, 0) is 4.74 Å². The molecule has 26 heavy (non-hydrogen) atoms. The first-order chi connectivity index (χ1) is 12.2. The van der Waals surface area contributed by atoms with Gasteiger partial charge in [-0.2, -0.15) is 0 Å². The molecule has 1 aromatic carbocycles. The Hall–Kier alpha value is -3.22. The number of rotatable bonds is 3. The van der Waals surface area contributed by atoms with Gasteiger partial charge in [-0.15, -0.1) is 0 Å². The molecule has 0 aliphatic rings. The number of carboxylic acid groups (broad SMARTS) is 1. The summed E-state index contributed by atoms with van der Waals surface area (Å²) in [6.45, 7) is 7.15. The zero-order valence-electron chi connectivity index (χ0n) is 15.0. The molecule has 3 aromatic rings. The van der Waals surface area contributed by atoms with E-state index in [2.05, 4.69) is 5.32 Å². The van der Waals surface area contributed by atoms with Gasteiger partial charge < -0.3 is 14.3 Å². The van der Waals surface area contributed by atoms with E-state index in [-0.39, 0.29) is 5.69 Å². The molecule has 136 valence electrons. The van der Waals surface area contributed by atoms with Gasteiger partial charge in [0.05, 0.1) is 23.2 Å². The number of aromatic nitrogens is 1. The van der Waals surface area contributed by atoms with Crippen molar-refractivity contribution in [1.82, 2.24) is 4.57 Å². The Morgan fingerprint density at radius 1 is 1.23 bits per heavy atom. The summed E-state index contributed by atoms with van der Waals surface area (Å²) in [5.41, 5.74) is 2.23. The second kappa shape index (κ2) is 6.25. The number of aryl methyl sites for hydroxylation is 1. The molecule has 2 aromatic heterocycles. The molecule has 0 saturated heterocycles. The topological polar surface area (TPSA) is 93.7 Å². The van der Waals surface area contributed by atoms with Crippen LogP contribution in [0.2, 0.25) is 0 Å². The molecule has 0 aliphatic carbocycles. The van der Waals surface area contributed by atoms with Crippen LogP contribution < -0.4 is 5.32 Å². The van der Waals surface area contributed by atoms with Gasteiger partial charge in [0.1, 0.15) is 11.3 Å². The average molecular weight is 356 g/mol. The third kappa shape index (κ3) is 3.28. The van der Waals surface area contributed by atoms with E-state index >= 15 is 0 Å². The summed E-state index contributed by atoms with van der Waals surface area (Å²) in [7, 11) is 0. The normalized spacial score (nSPS) is 11.5. The smallest absolute Gasteiger partial charge is 0.412 e. The Balaban J connectivity index is 2.15. The lowest BCUT2D eigenvalue weighted by molar-refractivity contribution is 0.0634. The Bertz CT molecular complexity index is 991. The first-order valence-corrected chi connectivity index (χ1v) is 8.09. The zero-order chi connectivity index (χ0) is 19.1. The van der Waals surface area contributed by atoms with Crippen LogP contribution in [0.15, 0.2) is 41.0 Å². The fourth-order valence-electron chi connectivity index (χ4n) is 2.79. The van der Waals surface area contributed by atoms with Crippen LogP contribution in [0.3, 0.4) is 0 Å². The summed E-state index contributed by atoms with van der Waals surface area (Å²) in [5.74, 6) is -1.09. The van der Waals surface area contributed by atoms with Crippen molar-refractivity contribution in [2.75, 3.05) is 5.32 Å². The number of carbonyl (C=O) groups is 2. The number of hydrogen-bond acceptors (Lipinski definition) is 4. The van der Waals surface area contributed by atoms with Crippen molar-refractivity contribution >= 4 is 28.8 Å². The maximum Gasteiger partial charge on any atom is 0.412 e. The van der Waals surface area contributed by atoms with Gasteiger partial charge in [0, 0.05) is 12.1 Å². The lowest BCUT2D eigenvalue weighted by atomic mass is 10.1. The maximum atomic E-state index is 12.2. The fourth-order valence-corrected chi connectivity index (χ4v) is 2.79. The second-order valence-corrected chi connectivity index (χ2v) is 6.94. The molecule has 0 radical (unpaired) electrons. The van der Waals surface area contributed by atoms with Crippen LogP contribution in [0.5, 0.6) is 0 Å². The molecule has 3 rings (SSSR count). The van der Waals surface area contributed by atoms with Crippen molar-refractivity contribution in [3.8, 4) is 5.69 Å². The van der Waals surface area contributed by atoms with Crippen molar-refractivity contribution in [3.05, 3.63) is 47.9 Å². The van der Waals surface area contributed by atoms with Crippen LogP contribution >= 0.6 is 0 Å². The van der Waals surface area contributed by atoms with Crippen LogP contribution in [0, 0.1) is 6.92 Å². The minimum Gasteiger partial charge on any atom is -0.477 e. The second-order valence-electron chi connectivity index (χ2n) is 6.94. The first-order valence-electron chi connectivity index (χ1n) is 8.09. The predicted molar refractivity (Wildman–Crippen MR) is 97.1 cm³/mol. The number of nitrogens with one attached hydrogen (secondary N) is 1. The monoisotopic (exact) mass is 356 g/mol. The van der Waals surface area contributed by atoms with Crippen molar-refractivity contribution in [1.29, 1.82) is 0 Å². The third-order valence-electron chi connectivity index (χ3n) is 3.74. The molecular formula is C19H20N2O5. The van der Waals surface area contributed by atoms with E-state index in [1.54, 1.807) is 43.5 Å². The van der Waals surface area contributed by atoms with E-state index in [4.69, 9.17) is 9.15 Å². The number of fused-ring (bicyclic) bond motifs is 1. The van der Waals surface area contributed by atoms with E-state index in [0.717, 1.165) is 5.56 Å². The number of ether oxygens (including phenoxy) is 1. The Morgan fingerprint density at radius 3 is 2.62 bits per heavy atom. The number of para-hydroxylation sites is 1. The molecule has 0 unspecified atom stereocenters. The minimum atomic E-state index is -1.09. The number of furan rings is 1. The SMILES string of the molecule is Cc1cccc(NC(=O)OC(C)(C)C)c1-n1c(C(=O)O)cc2occc21. The Labute approximate surface area is 150 Å². The molecule has 0 bridgehead atoms. The van der Waals surface area contributed by atoms with Crippen molar-refractivity contribution in [3.63, 3.8) is 0 Å². The molecule has 2 N–H and O–H groups in total. The molecule has 7 nitrogen and oxygen atoms in total. The van der Waals surface area contributed by atoms with Crippen LogP contribution in [0.25, 0.3) is 16.8 Å². The van der Waals surface area contributed by atoms with Gasteiger partial charge in [0.2, 0.25) is 0 Å². The van der Waals surface area contributed by atoms with Crippen molar-refractivity contribution < 1.29 is 23.8 Å². The first kappa shape index (κ1) is 17.6. The van der Waals surface area contributed by atoms with E-state index in [9.17, 15) is 14.7 Å². The van der Waals surface area contributed by atoms with Crippen LogP contribution in [0.1, 0.15) is 36.8 Å². The summed E-state index contributed by atoms with van der Waals surface area (Å²) < 4.78 is 12.2. The summed E-state index contributed by atoms with van der Waals surface area (Å²) >= 11 is 0. The largest absolute Gasteiger partial charge is 0.477 e. The standard InChI is InChI=1S/C19H20N2O5/c1-11-6-5-7-12(20-18(24)26-19(2,3)4)16(11)21-13-8-9-25-15(13)10-14(21)17(22)23/h5-10H,1-4H3,(H,20,24)(H,22,23). The van der Waals surface area contributed by atoms with Gasteiger partial charge in [0.25, 0.3) is 0 Å². The minimum absolute atomic E-state index is 0.0425.